The highest BCUT2D eigenvalue weighted by Crippen LogP contribution is 2.27. The van der Waals surface area contributed by atoms with Gasteiger partial charge in [-0.05, 0) is 54.4 Å². The molecule has 186 valence electrons. The third-order valence-corrected chi connectivity index (χ3v) is 6.29. The van der Waals surface area contributed by atoms with Crippen molar-refractivity contribution in [2.24, 2.45) is 0 Å². The number of likely N-dealkylation sites (N-methyl/N-ethyl adjacent to an activating group) is 2. The number of fused-ring (bicyclic) bond motifs is 2. The van der Waals surface area contributed by atoms with Crippen molar-refractivity contribution in [2.45, 2.75) is 26.9 Å². The number of benzene rings is 2. The highest BCUT2D eigenvalue weighted by atomic mass is 19.1. The van der Waals surface area contributed by atoms with Crippen molar-refractivity contribution in [1.29, 1.82) is 0 Å². The Morgan fingerprint density at radius 2 is 1.94 bits per heavy atom. The zero-order valence-corrected chi connectivity index (χ0v) is 20.4. The summed E-state index contributed by atoms with van der Waals surface area (Å²) in [5, 5.41) is 17.5. The molecule has 1 aliphatic rings. The molecule has 2 amide bonds. The molecule has 2 aromatic carbocycles. The normalized spacial score (nSPS) is 13.1. The van der Waals surface area contributed by atoms with E-state index in [0.29, 0.717) is 26.2 Å². The minimum absolute atomic E-state index is 0.0164. The van der Waals surface area contributed by atoms with E-state index in [2.05, 4.69) is 20.8 Å². The second-order valence-corrected chi connectivity index (χ2v) is 8.81. The number of nitrogens with one attached hydrogen (secondary N) is 3. The number of anilines is 1. The molecule has 1 aromatic heterocycles. The van der Waals surface area contributed by atoms with Crippen LogP contribution in [0, 0.1) is 12.7 Å². The zero-order valence-electron chi connectivity index (χ0n) is 20.4. The van der Waals surface area contributed by atoms with Crippen LogP contribution in [-0.2, 0) is 22.7 Å². The van der Waals surface area contributed by atoms with Crippen molar-refractivity contribution in [3.63, 3.8) is 0 Å². The Kier molecular flexibility index (Phi) is 7.62. The Morgan fingerprint density at radius 1 is 1.14 bits per heavy atom. The molecule has 0 radical (unpaired) electrons. The largest absolute Gasteiger partial charge is 0.353 e. The van der Waals surface area contributed by atoms with E-state index in [4.69, 9.17) is 0 Å². The summed E-state index contributed by atoms with van der Waals surface area (Å²) >= 11 is 0. The molecule has 0 saturated carbocycles. The zero-order chi connectivity index (χ0) is 24.9. The first-order valence-corrected chi connectivity index (χ1v) is 11.8. The van der Waals surface area contributed by atoms with Crippen LogP contribution >= 0.6 is 0 Å². The maximum Gasteiger partial charge on any atom is 0.256 e. The number of hydrazine groups is 1. The van der Waals surface area contributed by atoms with Crippen molar-refractivity contribution < 1.29 is 14.0 Å². The van der Waals surface area contributed by atoms with Gasteiger partial charge in [-0.3, -0.25) is 19.7 Å². The third kappa shape index (κ3) is 5.77. The van der Waals surface area contributed by atoms with Crippen LogP contribution in [0.4, 0.5) is 10.1 Å². The van der Waals surface area contributed by atoms with Crippen molar-refractivity contribution in [1.82, 2.24) is 30.8 Å². The molecule has 0 aliphatic carbocycles. The van der Waals surface area contributed by atoms with E-state index in [9.17, 15) is 14.0 Å². The summed E-state index contributed by atoms with van der Waals surface area (Å²) in [6, 6.07) is 8.63. The number of aryl methyl sites for hydroxylation is 1. The van der Waals surface area contributed by atoms with Crippen LogP contribution in [-0.4, -0.2) is 71.8 Å². The molecule has 0 saturated heterocycles. The van der Waals surface area contributed by atoms with Crippen molar-refractivity contribution >= 4 is 28.4 Å². The first kappa shape index (κ1) is 24.6. The Morgan fingerprint density at radius 3 is 2.74 bits per heavy atom. The van der Waals surface area contributed by atoms with Crippen LogP contribution in [0.2, 0.25) is 0 Å². The van der Waals surface area contributed by atoms with Gasteiger partial charge in [0.1, 0.15) is 5.82 Å². The van der Waals surface area contributed by atoms with E-state index in [1.807, 2.05) is 31.0 Å². The molecule has 35 heavy (non-hydrogen) atoms. The molecule has 3 N–H and O–H groups in total. The van der Waals surface area contributed by atoms with Gasteiger partial charge < -0.3 is 15.5 Å². The van der Waals surface area contributed by atoms with Gasteiger partial charge in [-0.25, -0.2) is 9.40 Å². The molecular weight excluding hydrogens is 449 g/mol. The Hall–Kier alpha value is -3.50. The Balaban J connectivity index is 1.49. The number of amides is 2. The van der Waals surface area contributed by atoms with Gasteiger partial charge in [-0.2, -0.15) is 5.10 Å². The quantitative estimate of drug-likeness (QED) is 0.383. The van der Waals surface area contributed by atoms with E-state index in [1.54, 1.807) is 29.2 Å². The molecule has 9 nitrogen and oxygen atoms in total. The first-order valence-electron chi connectivity index (χ1n) is 11.8. The number of hydrogen-bond donors (Lipinski definition) is 3. The minimum Gasteiger partial charge on any atom is -0.353 e. The molecule has 2 heterocycles. The van der Waals surface area contributed by atoms with E-state index in [0.717, 1.165) is 39.8 Å². The molecule has 0 bridgehead atoms. The van der Waals surface area contributed by atoms with Crippen LogP contribution in [0.5, 0.6) is 0 Å². The van der Waals surface area contributed by atoms with E-state index >= 15 is 0 Å². The fraction of sp³-hybridized carbons (Fsp3) is 0.400. The molecular formula is C25H32FN7O2. The monoisotopic (exact) mass is 481 g/mol. The molecule has 0 fully saturated rings. The van der Waals surface area contributed by atoms with Crippen LogP contribution in [0.15, 0.2) is 36.5 Å². The first-order chi connectivity index (χ1) is 16.9. The second kappa shape index (κ2) is 10.8. The Labute approximate surface area is 204 Å². The minimum atomic E-state index is -0.281. The van der Waals surface area contributed by atoms with Crippen LogP contribution in [0.1, 0.15) is 23.6 Å². The highest BCUT2D eigenvalue weighted by Gasteiger charge is 2.27. The SMILES string of the molecule is CCNCCNC(=O)CN(CC(=O)N(C)N1Cc2ccc(F)cc2C1)c1cc2cn[nH]c2cc1C. The number of nitrogens with zero attached hydrogens (tertiary/aromatic N) is 4. The van der Waals surface area contributed by atoms with Crippen molar-refractivity contribution in [3.8, 4) is 0 Å². The second-order valence-electron chi connectivity index (χ2n) is 8.81. The summed E-state index contributed by atoms with van der Waals surface area (Å²) in [7, 11) is 1.71. The van der Waals surface area contributed by atoms with E-state index in [1.165, 1.54) is 12.1 Å². The number of hydrogen-bond acceptors (Lipinski definition) is 6. The van der Waals surface area contributed by atoms with E-state index < -0.39 is 0 Å². The predicted octanol–water partition coefficient (Wildman–Crippen LogP) is 1.93. The lowest BCUT2D eigenvalue weighted by atomic mass is 10.1. The Bertz CT molecular complexity index is 1210. The molecule has 0 spiro atoms. The number of aromatic amines is 1. The highest BCUT2D eigenvalue weighted by molar-refractivity contribution is 5.90. The summed E-state index contributed by atoms with van der Waals surface area (Å²) < 4.78 is 13.6. The number of carbonyl (C=O) groups excluding carboxylic acids is 2. The average molecular weight is 482 g/mol. The van der Waals surface area contributed by atoms with Gasteiger partial charge in [-0.1, -0.05) is 13.0 Å². The van der Waals surface area contributed by atoms with Gasteiger partial charge >= 0.3 is 0 Å². The summed E-state index contributed by atoms with van der Waals surface area (Å²) in [5.74, 6) is -0.601. The molecule has 10 heteroatoms. The summed E-state index contributed by atoms with van der Waals surface area (Å²) in [6.07, 6.45) is 1.72. The summed E-state index contributed by atoms with van der Waals surface area (Å²) in [4.78, 5) is 27.9. The van der Waals surface area contributed by atoms with Crippen molar-refractivity contribution in [3.05, 3.63) is 59.0 Å². The number of H-pyrrole nitrogens is 1. The van der Waals surface area contributed by atoms with Gasteiger partial charge in [0.2, 0.25) is 5.91 Å². The maximum atomic E-state index is 13.6. The van der Waals surface area contributed by atoms with Gasteiger partial charge in [0.15, 0.2) is 0 Å². The van der Waals surface area contributed by atoms with Gasteiger partial charge in [0.05, 0.1) is 24.8 Å². The van der Waals surface area contributed by atoms with Crippen LogP contribution in [0.25, 0.3) is 10.9 Å². The molecule has 4 rings (SSSR count). The summed E-state index contributed by atoms with van der Waals surface area (Å²) in [6.45, 7) is 7.03. The number of carbonyl (C=O) groups is 2. The number of aromatic nitrogens is 2. The van der Waals surface area contributed by atoms with Crippen LogP contribution in [0.3, 0.4) is 0 Å². The third-order valence-electron chi connectivity index (χ3n) is 6.29. The number of rotatable bonds is 10. The predicted molar refractivity (Wildman–Crippen MR) is 133 cm³/mol. The molecule has 3 aromatic rings. The average Bonchev–Trinajstić information content (AvgIpc) is 3.46. The van der Waals surface area contributed by atoms with Gasteiger partial charge in [0, 0.05) is 44.3 Å². The lowest BCUT2D eigenvalue weighted by Gasteiger charge is -2.32. The fourth-order valence-corrected chi connectivity index (χ4v) is 4.33. The molecule has 0 atom stereocenters. The maximum absolute atomic E-state index is 13.6. The topological polar surface area (TPSA) is 96.6 Å². The van der Waals surface area contributed by atoms with Crippen molar-refractivity contribution in [2.75, 3.05) is 44.7 Å². The van der Waals surface area contributed by atoms with Crippen LogP contribution < -0.4 is 15.5 Å². The molecule has 0 unspecified atom stereocenters. The summed E-state index contributed by atoms with van der Waals surface area (Å²) in [5.41, 5.74) is 4.51. The lowest BCUT2D eigenvalue weighted by Crippen LogP contribution is -2.48. The van der Waals surface area contributed by atoms with Gasteiger partial charge in [0.25, 0.3) is 5.91 Å². The lowest BCUT2D eigenvalue weighted by molar-refractivity contribution is -0.145. The van der Waals surface area contributed by atoms with Gasteiger partial charge in [-0.15, -0.1) is 0 Å². The fourth-order valence-electron chi connectivity index (χ4n) is 4.33. The smallest absolute Gasteiger partial charge is 0.256 e. The number of halogens is 1. The molecule has 1 aliphatic heterocycles. The van der Waals surface area contributed by atoms with E-state index in [-0.39, 0.29) is 30.7 Å². The standard InChI is InChI=1S/C25H32FN7O2/c1-4-27-7-8-28-24(34)15-32(23-11-19-12-29-30-22(19)9-17(23)2)16-25(35)31(3)33-13-18-5-6-21(26)10-20(18)14-33/h5-6,9-12,27H,4,7-8,13-16H2,1-3H3,(H,28,34)(H,29,30).